The van der Waals surface area contributed by atoms with Crippen LogP contribution in [-0.2, 0) is 0 Å². The molecule has 242 valence electrons. The summed E-state index contributed by atoms with van der Waals surface area (Å²) in [5, 5.41) is 8.81. The maximum atomic E-state index is 6.56. The lowest BCUT2D eigenvalue weighted by Crippen LogP contribution is -2.00. The molecule has 0 saturated carbocycles. The molecule has 0 aliphatic rings. The number of furan rings is 2. The van der Waals surface area contributed by atoms with Gasteiger partial charge in [-0.2, -0.15) is 0 Å². The molecule has 5 nitrogen and oxygen atoms in total. The van der Waals surface area contributed by atoms with Crippen molar-refractivity contribution in [1.82, 2.24) is 15.0 Å². The molecule has 11 aromatic rings. The van der Waals surface area contributed by atoms with Gasteiger partial charge in [0.05, 0.1) is 0 Å². The fraction of sp³-hybridized carbons (Fsp3) is 0. The Kier molecular flexibility index (Phi) is 6.18. The van der Waals surface area contributed by atoms with E-state index in [1.807, 2.05) is 36.4 Å². The molecule has 3 heterocycles. The molecule has 0 N–H and O–H groups in total. The minimum Gasteiger partial charge on any atom is -0.456 e. The monoisotopic (exact) mass is 665 g/mol. The highest BCUT2D eigenvalue weighted by atomic mass is 16.3. The zero-order valence-corrected chi connectivity index (χ0v) is 27.7. The predicted octanol–water partition coefficient (Wildman–Crippen LogP) is 12.6. The van der Waals surface area contributed by atoms with Crippen molar-refractivity contribution in [2.24, 2.45) is 0 Å². The van der Waals surface area contributed by atoms with Crippen LogP contribution in [0.3, 0.4) is 0 Å². The van der Waals surface area contributed by atoms with Gasteiger partial charge in [0.1, 0.15) is 22.3 Å². The van der Waals surface area contributed by atoms with E-state index < -0.39 is 0 Å². The molecular weight excluding hydrogens is 639 g/mol. The minimum atomic E-state index is 0.568. The molecule has 0 amide bonds. The van der Waals surface area contributed by atoms with Crippen LogP contribution in [0.15, 0.2) is 173 Å². The van der Waals surface area contributed by atoms with E-state index in [0.717, 1.165) is 76.9 Å². The van der Waals surface area contributed by atoms with Crippen LogP contribution >= 0.6 is 0 Å². The smallest absolute Gasteiger partial charge is 0.164 e. The highest BCUT2D eigenvalue weighted by Gasteiger charge is 2.19. The Morgan fingerprint density at radius 2 is 0.865 bits per heavy atom. The average molecular weight is 666 g/mol. The molecule has 0 aliphatic heterocycles. The van der Waals surface area contributed by atoms with Gasteiger partial charge < -0.3 is 8.83 Å². The SMILES string of the molecule is c1ccc2cc(-c3nc(-c4ccc5c(c4)oc4ccccc45)nc(-c4cccc5oc6cc(-c7cccc8ccccc78)ccc6c45)n3)ccc2c1. The quantitative estimate of drug-likeness (QED) is 0.187. The van der Waals surface area contributed by atoms with Crippen LogP contribution in [0.1, 0.15) is 0 Å². The number of rotatable bonds is 4. The molecule has 0 bridgehead atoms. The number of fused-ring (bicyclic) bond motifs is 8. The number of hydrogen-bond donors (Lipinski definition) is 0. The van der Waals surface area contributed by atoms with E-state index in [1.54, 1.807) is 0 Å². The lowest BCUT2D eigenvalue weighted by molar-refractivity contribution is 0.668. The Balaban J connectivity index is 1.12. The zero-order chi connectivity index (χ0) is 34.2. The third-order valence-electron chi connectivity index (χ3n) is 10.1. The van der Waals surface area contributed by atoms with Gasteiger partial charge in [0.25, 0.3) is 0 Å². The summed E-state index contributed by atoms with van der Waals surface area (Å²) in [6.07, 6.45) is 0. The van der Waals surface area contributed by atoms with Gasteiger partial charge in [-0.25, -0.2) is 15.0 Å². The van der Waals surface area contributed by atoms with Crippen LogP contribution < -0.4 is 0 Å². The van der Waals surface area contributed by atoms with Gasteiger partial charge in [-0.1, -0.05) is 121 Å². The molecule has 8 aromatic carbocycles. The molecule has 5 heteroatoms. The molecule has 0 saturated heterocycles. The highest BCUT2D eigenvalue weighted by Crippen LogP contribution is 2.40. The van der Waals surface area contributed by atoms with Gasteiger partial charge in [0.2, 0.25) is 0 Å². The van der Waals surface area contributed by atoms with Crippen molar-refractivity contribution < 1.29 is 8.83 Å². The second-order valence-electron chi connectivity index (χ2n) is 13.2. The second-order valence-corrected chi connectivity index (χ2v) is 13.2. The van der Waals surface area contributed by atoms with Gasteiger partial charge in [0, 0.05) is 38.2 Å². The van der Waals surface area contributed by atoms with Crippen LogP contribution in [0.5, 0.6) is 0 Å². The molecule has 0 aliphatic carbocycles. The van der Waals surface area contributed by atoms with E-state index in [0.29, 0.717) is 17.5 Å². The Bertz CT molecular complexity index is 3200. The van der Waals surface area contributed by atoms with Crippen LogP contribution in [0, 0.1) is 0 Å². The van der Waals surface area contributed by atoms with Gasteiger partial charge in [-0.05, 0) is 75.1 Å². The molecule has 0 fully saturated rings. The normalized spacial score (nSPS) is 11.8. The Morgan fingerprint density at radius 1 is 0.308 bits per heavy atom. The summed E-state index contributed by atoms with van der Waals surface area (Å²) in [6.45, 7) is 0. The molecule has 0 radical (unpaired) electrons. The maximum absolute atomic E-state index is 6.56. The topological polar surface area (TPSA) is 65.0 Å². The molecule has 3 aromatic heterocycles. The van der Waals surface area contributed by atoms with Gasteiger partial charge in [-0.3, -0.25) is 0 Å². The fourth-order valence-corrected chi connectivity index (χ4v) is 7.60. The van der Waals surface area contributed by atoms with E-state index >= 15 is 0 Å². The zero-order valence-electron chi connectivity index (χ0n) is 27.7. The Morgan fingerprint density at radius 3 is 1.77 bits per heavy atom. The lowest BCUT2D eigenvalue weighted by Gasteiger charge is -2.10. The van der Waals surface area contributed by atoms with E-state index in [-0.39, 0.29) is 0 Å². The lowest BCUT2D eigenvalue weighted by atomic mass is 9.97. The van der Waals surface area contributed by atoms with Crippen LogP contribution in [0.2, 0.25) is 0 Å². The molecular formula is C47H27N3O2. The molecule has 0 atom stereocenters. The molecule has 0 unspecified atom stereocenters. The Hall–Kier alpha value is -7.11. The van der Waals surface area contributed by atoms with E-state index in [9.17, 15) is 0 Å². The largest absolute Gasteiger partial charge is 0.456 e. The number of aromatic nitrogens is 3. The summed E-state index contributed by atoms with van der Waals surface area (Å²) in [4.78, 5) is 15.4. The summed E-state index contributed by atoms with van der Waals surface area (Å²) < 4.78 is 12.8. The number of nitrogens with zero attached hydrogens (tertiary/aromatic N) is 3. The van der Waals surface area contributed by atoms with Crippen molar-refractivity contribution in [3.8, 4) is 45.3 Å². The first kappa shape index (κ1) is 28.7. The third kappa shape index (κ3) is 4.53. The summed E-state index contributed by atoms with van der Waals surface area (Å²) >= 11 is 0. The van der Waals surface area contributed by atoms with Crippen molar-refractivity contribution in [3.63, 3.8) is 0 Å². The number of benzene rings is 8. The highest BCUT2D eigenvalue weighted by molar-refractivity contribution is 6.13. The van der Waals surface area contributed by atoms with Crippen LogP contribution in [-0.4, -0.2) is 15.0 Å². The van der Waals surface area contributed by atoms with E-state index in [1.165, 1.54) is 16.3 Å². The third-order valence-corrected chi connectivity index (χ3v) is 10.1. The number of para-hydroxylation sites is 1. The molecule has 11 rings (SSSR count). The standard InChI is InChI=1S/C47H27N3O2/c1-2-11-30-25-32(20-19-28(30)9-1)45-48-46(33-22-23-37-36-14-5-6-17-40(36)51-42(37)27-33)50-47(49-45)39-16-8-18-41-44(39)38-24-21-31(26-43(38)52-41)35-15-7-12-29-10-3-4-13-34(29)35/h1-27H. The first-order valence-electron chi connectivity index (χ1n) is 17.3. The van der Waals surface area contributed by atoms with Gasteiger partial charge in [0.15, 0.2) is 17.5 Å². The predicted molar refractivity (Wildman–Crippen MR) is 211 cm³/mol. The average Bonchev–Trinajstić information content (AvgIpc) is 3.78. The van der Waals surface area contributed by atoms with E-state index in [4.69, 9.17) is 23.8 Å². The summed E-state index contributed by atoms with van der Waals surface area (Å²) in [5.41, 5.74) is 8.15. The maximum Gasteiger partial charge on any atom is 0.164 e. The van der Waals surface area contributed by atoms with Crippen molar-refractivity contribution in [3.05, 3.63) is 164 Å². The van der Waals surface area contributed by atoms with Crippen molar-refractivity contribution in [2.45, 2.75) is 0 Å². The summed E-state index contributed by atoms with van der Waals surface area (Å²) in [7, 11) is 0. The minimum absolute atomic E-state index is 0.568. The number of hydrogen-bond acceptors (Lipinski definition) is 5. The molecule has 0 spiro atoms. The Labute approximate surface area is 297 Å². The van der Waals surface area contributed by atoms with Crippen molar-refractivity contribution >= 4 is 65.4 Å². The van der Waals surface area contributed by atoms with Crippen LogP contribution in [0.25, 0.3) is 111 Å². The van der Waals surface area contributed by atoms with Crippen molar-refractivity contribution in [2.75, 3.05) is 0 Å². The van der Waals surface area contributed by atoms with Crippen LogP contribution in [0.4, 0.5) is 0 Å². The van der Waals surface area contributed by atoms with Crippen molar-refractivity contribution in [1.29, 1.82) is 0 Å². The first-order chi connectivity index (χ1) is 25.7. The second kappa shape index (κ2) is 11.2. The summed E-state index contributed by atoms with van der Waals surface area (Å²) in [5.74, 6) is 1.74. The van der Waals surface area contributed by atoms with Gasteiger partial charge >= 0.3 is 0 Å². The fourth-order valence-electron chi connectivity index (χ4n) is 7.60. The molecule has 52 heavy (non-hydrogen) atoms. The first-order valence-corrected chi connectivity index (χ1v) is 17.3. The summed E-state index contributed by atoms with van der Waals surface area (Å²) in [6, 6.07) is 56.4. The van der Waals surface area contributed by atoms with E-state index in [2.05, 4.69) is 127 Å². The van der Waals surface area contributed by atoms with Gasteiger partial charge in [-0.15, -0.1) is 0 Å².